The highest BCUT2D eigenvalue weighted by molar-refractivity contribution is 6.33. The van der Waals surface area contributed by atoms with Gasteiger partial charge in [-0.15, -0.1) is 0 Å². The van der Waals surface area contributed by atoms with Crippen LogP contribution in [0.4, 0.5) is 0 Å². The van der Waals surface area contributed by atoms with Crippen molar-refractivity contribution in [3.63, 3.8) is 0 Å². The zero-order valence-corrected chi connectivity index (χ0v) is 9.38. The maximum Gasteiger partial charge on any atom is 0.384 e. The van der Waals surface area contributed by atoms with E-state index in [1.165, 1.54) is 0 Å². The van der Waals surface area contributed by atoms with Crippen molar-refractivity contribution in [2.45, 2.75) is 6.92 Å². The van der Waals surface area contributed by atoms with E-state index >= 15 is 0 Å². The summed E-state index contributed by atoms with van der Waals surface area (Å²) in [6.45, 7) is 1.96. The fraction of sp³-hybridized carbons (Fsp3) is 0.167. The van der Waals surface area contributed by atoms with E-state index < -0.39 is 5.97 Å². The molecule has 82 valence electrons. The third-order valence-electron chi connectivity index (χ3n) is 1.75. The Balaban J connectivity index is 3.01. The molecular formula is C12H9ClO3. The molecule has 1 rings (SSSR count). The molecule has 0 radical (unpaired) electrons. The molecule has 0 aromatic heterocycles. The minimum atomic E-state index is -0.626. The summed E-state index contributed by atoms with van der Waals surface area (Å²) >= 11 is 5.79. The monoisotopic (exact) mass is 236 g/mol. The quantitative estimate of drug-likeness (QED) is 0.449. The second-order valence-electron chi connectivity index (χ2n) is 2.79. The lowest BCUT2D eigenvalue weighted by molar-refractivity contribution is -0.136. The molecule has 0 spiro atoms. The number of hydrogen-bond acceptors (Lipinski definition) is 3. The molecule has 0 saturated heterocycles. The van der Waals surface area contributed by atoms with Crippen molar-refractivity contribution >= 4 is 23.9 Å². The first-order valence-corrected chi connectivity index (χ1v) is 4.99. The van der Waals surface area contributed by atoms with E-state index in [1.807, 2.05) is 0 Å². The number of benzene rings is 1. The Kier molecular flexibility index (Phi) is 4.56. The van der Waals surface area contributed by atoms with Gasteiger partial charge in [-0.25, -0.2) is 4.79 Å². The average molecular weight is 237 g/mol. The molecule has 1 aromatic rings. The summed E-state index contributed by atoms with van der Waals surface area (Å²) in [5, 5.41) is 0.311. The zero-order valence-electron chi connectivity index (χ0n) is 8.62. The molecule has 0 amide bonds. The van der Waals surface area contributed by atoms with Gasteiger partial charge in [-0.05, 0) is 19.1 Å². The zero-order chi connectivity index (χ0) is 12.0. The van der Waals surface area contributed by atoms with Crippen molar-refractivity contribution in [1.82, 2.24) is 0 Å². The number of ether oxygens (including phenoxy) is 1. The molecule has 4 heteroatoms. The van der Waals surface area contributed by atoms with Gasteiger partial charge >= 0.3 is 5.97 Å². The SMILES string of the molecule is CCOC(=O)C#Cc1cccc(Cl)c1C=O. The van der Waals surface area contributed by atoms with Gasteiger partial charge in [0.05, 0.1) is 11.6 Å². The molecule has 16 heavy (non-hydrogen) atoms. The van der Waals surface area contributed by atoms with Crippen LogP contribution in [0.3, 0.4) is 0 Å². The Labute approximate surface area is 98.4 Å². The molecule has 3 nitrogen and oxygen atoms in total. The number of esters is 1. The highest BCUT2D eigenvalue weighted by Crippen LogP contribution is 2.16. The van der Waals surface area contributed by atoms with Crippen LogP contribution in [-0.4, -0.2) is 18.9 Å². The molecular weight excluding hydrogens is 228 g/mol. The molecule has 0 heterocycles. The van der Waals surface area contributed by atoms with Crippen LogP contribution >= 0.6 is 11.6 Å². The highest BCUT2D eigenvalue weighted by atomic mass is 35.5. The summed E-state index contributed by atoms with van der Waals surface area (Å²) < 4.78 is 4.63. The summed E-state index contributed by atoms with van der Waals surface area (Å²) in [5.74, 6) is 4.20. The number of hydrogen-bond donors (Lipinski definition) is 0. The van der Waals surface area contributed by atoms with Gasteiger partial charge in [-0.1, -0.05) is 23.6 Å². The molecule has 1 aromatic carbocycles. The van der Waals surface area contributed by atoms with E-state index in [0.29, 0.717) is 16.9 Å². The maximum atomic E-state index is 11.0. The third-order valence-corrected chi connectivity index (χ3v) is 2.08. The number of halogens is 1. The van der Waals surface area contributed by atoms with Crippen LogP contribution in [0.15, 0.2) is 18.2 Å². The lowest BCUT2D eigenvalue weighted by Gasteiger charge is -1.98. The van der Waals surface area contributed by atoms with Crippen molar-refractivity contribution in [2.24, 2.45) is 0 Å². The molecule has 0 aliphatic rings. The van der Waals surface area contributed by atoms with E-state index in [9.17, 15) is 9.59 Å². The Bertz CT molecular complexity index is 469. The molecule has 0 N–H and O–H groups in total. The van der Waals surface area contributed by atoms with Crippen LogP contribution in [0.5, 0.6) is 0 Å². The topological polar surface area (TPSA) is 43.4 Å². The van der Waals surface area contributed by atoms with Gasteiger partial charge in [-0.3, -0.25) is 4.79 Å². The Morgan fingerprint density at radius 1 is 1.56 bits per heavy atom. The summed E-state index contributed by atoms with van der Waals surface area (Å²) in [5.41, 5.74) is 0.691. The highest BCUT2D eigenvalue weighted by Gasteiger charge is 2.03. The van der Waals surface area contributed by atoms with Gasteiger partial charge in [-0.2, -0.15) is 0 Å². The second kappa shape index (κ2) is 5.94. The third kappa shape index (κ3) is 3.11. The Morgan fingerprint density at radius 3 is 2.94 bits per heavy atom. The lowest BCUT2D eigenvalue weighted by atomic mass is 10.1. The Hall–Kier alpha value is -1.79. The van der Waals surface area contributed by atoms with Gasteiger partial charge < -0.3 is 4.74 Å². The van der Waals surface area contributed by atoms with Crippen LogP contribution in [0.1, 0.15) is 22.8 Å². The van der Waals surface area contributed by atoms with Crippen LogP contribution < -0.4 is 0 Å². The van der Waals surface area contributed by atoms with Gasteiger partial charge in [0.15, 0.2) is 6.29 Å². The molecule has 0 unspecified atom stereocenters. The summed E-state index contributed by atoms with van der Waals surface area (Å²) in [6, 6.07) is 4.85. The molecule has 0 saturated carbocycles. The van der Waals surface area contributed by atoms with E-state index in [0.717, 1.165) is 0 Å². The van der Waals surface area contributed by atoms with Crippen LogP contribution in [0, 0.1) is 11.8 Å². The van der Waals surface area contributed by atoms with Crippen LogP contribution in [-0.2, 0) is 9.53 Å². The van der Waals surface area contributed by atoms with Crippen molar-refractivity contribution in [3.8, 4) is 11.8 Å². The van der Waals surface area contributed by atoms with Crippen molar-refractivity contribution < 1.29 is 14.3 Å². The first-order chi connectivity index (χ1) is 7.69. The minimum Gasteiger partial charge on any atom is -0.456 e. The molecule has 0 bridgehead atoms. The standard InChI is InChI=1S/C12H9ClO3/c1-2-16-12(15)7-6-9-4-3-5-11(13)10(9)8-14/h3-5,8H,2H2,1H3. The second-order valence-corrected chi connectivity index (χ2v) is 3.20. The molecule has 0 atom stereocenters. The van der Waals surface area contributed by atoms with Crippen molar-refractivity contribution in [2.75, 3.05) is 6.61 Å². The predicted octanol–water partition coefficient (Wildman–Crippen LogP) is 2.07. The van der Waals surface area contributed by atoms with E-state index in [1.54, 1.807) is 25.1 Å². The minimum absolute atomic E-state index is 0.267. The fourth-order valence-electron chi connectivity index (χ4n) is 1.05. The summed E-state index contributed by atoms with van der Waals surface area (Å²) in [4.78, 5) is 21.7. The Morgan fingerprint density at radius 2 is 2.31 bits per heavy atom. The summed E-state index contributed by atoms with van der Waals surface area (Å²) in [7, 11) is 0. The first kappa shape index (κ1) is 12.3. The largest absolute Gasteiger partial charge is 0.456 e. The van der Waals surface area contributed by atoms with Crippen molar-refractivity contribution in [3.05, 3.63) is 34.3 Å². The predicted molar refractivity (Wildman–Crippen MR) is 60.4 cm³/mol. The van der Waals surface area contributed by atoms with Gasteiger partial charge in [0.25, 0.3) is 0 Å². The van der Waals surface area contributed by atoms with Gasteiger partial charge in [0.2, 0.25) is 0 Å². The van der Waals surface area contributed by atoms with Gasteiger partial charge in [0.1, 0.15) is 0 Å². The van der Waals surface area contributed by atoms with E-state index in [-0.39, 0.29) is 12.2 Å². The number of aldehydes is 1. The van der Waals surface area contributed by atoms with Crippen molar-refractivity contribution in [1.29, 1.82) is 0 Å². The normalized spacial score (nSPS) is 8.88. The summed E-state index contributed by atoms with van der Waals surface area (Å²) in [6.07, 6.45) is 0.609. The molecule has 0 fully saturated rings. The number of rotatable bonds is 2. The van der Waals surface area contributed by atoms with Gasteiger partial charge in [0, 0.05) is 17.0 Å². The first-order valence-electron chi connectivity index (χ1n) is 4.61. The van der Waals surface area contributed by atoms with Crippen LogP contribution in [0.25, 0.3) is 0 Å². The lowest BCUT2D eigenvalue weighted by Crippen LogP contribution is -2.00. The average Bonchev–Trinajstić information content (AvgIpc) is 2.27. The maximum absolute atomic E-state index is 11.0. The van der Waals surface area contributed by atoms with E-state index in [4.69, 9.17) is 11.6 Å². The molecule has 0 aliphatic heterocycles. The van der Waals surface area contributed by atoms with Crippen LogP contribution in [0.2, 0.25) is 5.02 Å². The number of carbonyl (C=O) groups is 2. The fourth-order valence-corrected chi connectivity index (χ4v) is 1.27. The number of carbonyl (C=O) groups excluding carboxylic acids is 2. The molecule has 0 aliphatic carbocycles. The smallest absolute Gasteiger partial charge is 0.384 e. The van der Waals surface area contributed by atoms with E-state index in [2.05, 4.69) is 16.6 Å².